The number of nitrogens with one attached hydrogen (secondary N) is 1. The van der Waals surface area contributed by atoms with E-state index in [9.17, 15) is 9.59 Å². The minimum Gasteiger partial charge on any atom is -0.375 e. The van der Waals surface area contributed by atoms with Crippen molar-refractivity contribution in [3.05, 3.63) is 0 Å². The maximum absolute atomic E-state index is 12.2. The van der Waals surface area contributed by atoms with Gasteiger partial charge < -0.3 is 15.0 Å². The van der Waals surface area contributed by atoms with E-state index in [0.29, 0.717) is 26.1 Å². The summed E-state index contributed by atoms with van der Waals surface area (Å²) >= 11 is 0. The maximum Gasteiger partial charge on any atom is 0.224 e. The molecule has 0 aromatic carbocycles. The Labute approximate surface area is 121 Å². The van der Waals surface area contributed by atoms with Gasteiger partial charge in [-0.05, 0) is 26.7 Å². The summed E-state index contributed by atoms with van der Waals surface area (Å²) in [6.45, 7) is 5.68. The zero-order valence-corrected chi connectivity index (χ0v) is 12.6. The number of nitrogens with zero attached hydrogens (tertiary/aromatic N) is 1. The lowest BCUT2D eigenvalue weighted by Crippen LogP contribution is -2.50. The second-order valence-electron chi connectivity index (χ2n) is 6.06. The van der Waals surface area contributed by atoms with Crippen molar-refractivity contribution < 1.29 is 14.3 Å². The van der Waals surface area contributed by atoms with Crippen LogP contribution in [0.15, 0.2) is 0 Å². The number of ether oxygens (including phenoxy) is 1. The van der Waals surface area contributed by atoms with Crippen LogP contribution < -0.4 is 5.32 Å². The summed E-state index contributed by atoms with van der Waals surface area (Å²) in [6.07, 6.45) is 4.79. The van der Waals surface area contributed by atoms with Crippen molar-refractivity contribution in [3.8, 4) is 0 Å². The fourth-order valence-electron chi connectivity index (χ4n) is 3.02. The molecule has 0 spiro atoms. The van der Waals surface area contributed by atoms with Gasteiger partial charge in [0.2, 0.25) is 11.8 Å². The highest BCUT2D eigenvalue weighted by Crippen LogP contribution is 2.24. The highest BCUT2D eigenvalue weighted by Gasteiger charge is 2.27. The smallest absolute Gasteiger partial charge is 0.224 e. The van der Waals surface area contributed by atoms with Gasteiger partial charge in [0.1, 0.15) is 0 Å². The fourth-order valence-corrected chi connectivity index (χ4v) is 3.02. The van der Waals surface area contributed by atoms with Crippen LogP contribution in [-0.4, -0.2) is 48.6 Å². The molecule has 2 atom stereocenters. The molecular formula is C15H26N2O3. The van der Waals surface area contributed by atoms with E-state index in [1.54, 1.807) is 0 Å². The third kappa shape index (κ3) is 3.95. The molecule has 1 saturated heterocycles. The quantitative estimate of drug-likeness (QED) is 0.846. The molecule has 1 aliphatic carbocycles. The molecular weight excluding hydrogens is 256 g/mol. The fraction of sp³-hybridized carbons (Fsp3) is 0.867. The van der Waals surface area contributed by atoms with Crippen LogP contribution in [0.3, 0.4) is 0 Å². The number of rotatable bonds is 4. The molecule has 2 amide bonds. The molecule has 1 saturated carbocycles. The number of morpholine rings is 1. The summed E-state index contributed by atoms with van der Waals surface area (Å²) in [6, 6.07) is 0.129. The van der Waals surface area contributed by atoms with Gasteiger partial charge in [-0.25, -0.2) is 0 Å². The molecule has 0 bridgehead atoms. The van der Waals surface area contributed by atoms with Crippen molar-refractivity contribution in [2.75, 3.05) is 19.7 Å². The standard InChI is InChI=1S/C15H26N2O3/c1-11-10-20-12(2)9-17(11)14(18)7-8-16-15(19)13-5-3-4-6-13/h11-13H,3-10H2,1-2H3,(H,16,19)/t11-,12+/m1/s1. The molecule has 1 heterocycles. The highest BCUT2D eigenvalue weighted by atomic mass is 16.5. The first-order valence-corrected chi connectivity index (χ1v) is 7.76. The summed E-state index contributed by atoms with van der Waals surface area (Å²) in [7, 11) is 0. The summed E-state index contributed by atoms with van der Waals surface area (Å²) in [4.78, 5) is 25.9. The van der Waals surface area contributed by atoms with Crippen LogP contribution in [0.25, 0.3) is 0 Å². The van der Waals surface area contributed by atoms with Crippen molar-refractivity contribution >= 4 is 11.8 Å². The Morgan fingerprint density at radius 2 is 1.95 bits per heavy atom. The molecule has 2 aliphatic rings. The maximum atomic E-state index is 12.2. The molecule has 5 heteroatoms. The van der Waals surface area contributed by atoms with E-state index in [0.717, 1.165) is 25.7 Å². The minimum absolute atomic E-state index is 0.100. The topological polar surface area (TPSA) is 58.6 Å². The van der Waals surface area contributed by atoms with E-state index in [-0.39, 0.29) is 29.9 Å². The predicted octanol–water partition coefficient (Wildman–Crippen LogP) is 1.32. The van der Waals surface area contributed by atoms with Gasteiger partial charge in [0, 0.05) is 25.4 Å². The molecule has 2 fully saturated rings. The minimum atomic E-state index is 0.100. The lowest BCUT2D eigenvalue weighted by molar-refractivity contribution is -0.143. The van der Waals surface area contributed by atoms with Gasteiger partial charge in [0.05, 0.1) is 18.8 Å². The third-order valence-electron chi connectivity index (χ3n) is 4.29. The van der Waals surface area contributed by atoms with Gasteiger partial charge in [-0.2, -0.15) is 0 Å². The van der Waals surface area contributed by atoms with E-state index in [1.165, 1.54) is 0 Å². The summed E-state index contributed by atoms with van der Waals surface area (Å²) in [5, 5.41) is 2.90. The SMILES string of the molecule is C[C@@H]1CO[C@@H](C)CN1C(=O)CCNC(=O)C1CCCC1. The Bertz CT molecular complexity index is 353. The van der Waals surface area contributed by atoms with Gasteiger partial charge in [-0.1, -0.05) is 12.8 Å². The lowest BCUT2D eigenvalue weighted by Gasteiger charge is -2.36. The number of amides is 2. The largest absolute Gasteiger partial charge is 0.375 e. The molecule has 0 unspecified atom stereocenters. The molecule has 1 N–H and O–H groups in total. The summed E-state index contributed by atoms with van der Waals surface area (Å²) in [5.41, 5.74) is 0. The average Bonchev–Trinajstić information content (AvgIpc) is 2.95. The Balaban J connectivity index is 1.70. The Morgan fingerprint density at radius 3 is 2.65 bits per heavy atom. The van der Waals surface area contributed by atoms with Crippen LogP contribution >= 0.6 is 0 Å². The number of hydrogen-bond acceptors (Lipinski definition) is 3. The van der Waals surface area contributed by atoms with Crippen LogP contribution in [-0.2, 0) is 14.3 Å². The van der Waals surface area contributed by atoms with Crippen LogP contribution in [0, 0.1) is 5.92 Å². The second-order valence-corrected chi connectivity index (χ2v) is 6.06. The van der Waals surface area contributed by atoms with Gasteiger partial charge in [-0.15, -0.1) is 0 Å². The van der Waals surface area contributed by atoms with Crippen LogP contribution in [0.4, 0.5) is 0 Å². The molecule has 0 radical (unpaired) electrons. The number of hydrogen-bond donors (Lipinski definition) is 1. The van der Waals surface area contributed by atoms with Crippen LogP contribution in [0.2, 0.25) is 0 Å². The van der Waals surface area contributed by atoms with E-state index < -0.39 is 0 Å². The highest BCUT2D eigenvalue weighted by molar-refractivity contribution is 5.80. The first-order valence-electron chi connectivity index (χ1n) is 7.76. The molecule has 114 valence electrons. The van der Waals surface area contributed by atoms with E-state index in [4.69, 9.17) is 4.74 Å². The first-order chi connectivity index (χ1) is 9.58. The monoisotopic (exact) mass is 282 g/mol. The van der Waals surface area contributed by atoms with Gasteiger partial charge in [0.15, 0.2) is 0 Å². The van der Waals surface area contributed by atoms with E-state index in [2.05, 4.69) is 5.32 Å². The Hall–Kier alpha value is -1.10. The molecule has 1 aliphatic heterocycles. The third-order valence-corrected chi connectivity index (χ3v) is 4.29. The Morgan fingerprint density at radius 1 is 1.25 bits per heavy atom. The lowest BCUT2D eigenvalue weighted by atomic mass is 10.1. The van der Waals surface area contributed by atoms with Crippen molar-refractivity contribution in [2.45, 2.75) is 58.1 Å². The van der Waals surface area contributed by atoms with Crippen molar-refractivity contribution in [3.63, 3.8) is 0 Å². The van der Waals surface area contributed by atoms with Crippen LogP contribution in [0.1, 0.15) is 46.0 Å². The molecule has 20 heavy (non-hydrogen) atoms. The predicted molar refractivity (Wildman–Crippen MR) is 76.2 cm³/mol. The number of carbonyl (C=O) groups is 2. The van der Waals surface area contributed by atoms with Crippen LogP contribution in [0.5, 0.6) is 0 Å². The van der Waals surface area contributed by atoms with Crippen molar-refractivity contribution in [1.82, 2.24) is 10.2 Å². The van der Waals surface area contributed by atoms with Crippen molar-refractivity contribution in [2.24, 2.45) is 5.92 Å². The zero-order chi connectivity index (χ0) is 14.5. The van der Waals surface area contributed by atoms with Gasteiger partial charge >= 0.3 is 0 Å². The number of carbonyl (C=O) groups excluding carboxylic acids is 2. The van der Waals surface area contributed by atoms with E-state index in [1.807, 2.05) is 18.7 Å². The summed E-state index contributed by atoms with van der Waals surface area (Å²) in [5.74, 6) is 0.408. The molecule has 0 aromatic rings. The van der Waals surface area contributed by atoms with Crippen molar-refractivity contribution in [1.29, 1.82) is 0 Å². The van der Waals surface area contributed by atoms with Gasteiger partial charge in [0.25, 0.3) is 0 Å². The Kier molecular flexibility index (Phi) is 5.40. The average molecular weight is 282 g/mol. The first kappa shape index (κ1) is 15.3. The normalized spacial score (nSPS) is 27.6. The molecule has 2 rings (SSSR count). The summed E-state index contributed by atoms with van der Waals surface area (Å²) < 4.78 is 5.52. The van der Waals surface area contributed by atoms with Gasteiger partial charge in [-0.3, -0.25) is 9.59 Å². The van der Waals surface area contributed by atoms with E-state index >= 15 is 0 Å². The zero-order valence-electron chi connectivity index (χ0n) is 12.6. The molecule has 0 aromatic heterocycles. The molecule has 5 nitrogen and oxygen atoms in total. The second kappa shape index (κ2) is 7.07.